The molecule has 6 nitrogen and oxygen atoms in total. The zero-order valence-electron chi connectivity index (χ0n) is 22.2. The molecule has 0 atom stereocenters. The van der Waals surface area contributed by atoms with Crippen molar-refractivity contribution in [3.05, 3.63) is 127 Å². The highest BCUT2D eigenvalue weighted by Crippen LogP contribution is 2.35. The number of rotatable bonds is 6. The summed E-state index contributed by atoms with van der Waals surface area (Å²) < 4.78 is 14.2. The van der Waals surface area contributed by atoms with Crippen LogP contribution in [0.4, 0.5) is 10.1 Å². The van der Waals surface area contributed by atoms with Crippen molar-refractivity contribution < 1.29 is 4.39 Å². The minimum Gasteiger partial charge on any atom is -0.354 e. The first-order valence-corrected chi connectivity index (χ1v) is 13.2. The molecule has 7 aromatic rings. The zero-order valence-corrected chi connectivity index (χ0v) is 22.2. The van der Waals surface area contributed by atoms with E-state index in [4.69, 9.17) is 0 Å². The summed E-state index contributed by atoms with van der Waals surface area (Å²) in [5, 5.41) is 13.0. The van der Waals surface area contributed by atoms with Crippen LogP contribution in [-0.2, 0) is 0 Å². The molecule has 0 saturated carbocycles. The van der Waals surface area contributed by atoms with E-state index < -0.39 is 0 Å². The number of nitrogens with zero attached hydrogens (tertiary/aromatic N) is 3. The Bertz CT molecular complexity index is 2050. The Morgan fingerprint density at radius 3 is 2.59 bits per heavy atom. The number of aromatic nitrogens is 5. The van der Waals surface area contributed by atoms with Gasteiger partial charge in [0.2, 0.25) is 0 Å². The molecule has 0 fully saturated rings. The Balaban J connectivity index is 1.25. The van der Waals surface area contributed by atoms with Gasteiger partial charge in [0.25, 0.3) is 0 Å². The van der Waals surface area contributed by atoms with Crippen molar-refractivity contribution in [3.8, 4) is 33.6 Å². The van der Waals surface area contributed by atoms with Gasteiger partial charge in [-0.25, -0.2) is 9.37 Å². The molecule has 4 aromatic heterocycles. The zero-order chi connectivity index (χ0) is 27.9. The monoisotopic (exact) mass is 536 g/mol. The third kappa shape index (κ3) is 4.63. The standard InChI is InChI=1S/C34H25FN6/c1-20-12-24(14-26(35)13-20)28-10-11-37-34-29(28)17-32(39-34)33-30-16-23(8-9-31(30)40-41-33)25-15-27(19-36-18-25)38-21(2)22-6-4-3-5-7-22/h3-19,38H,2H2,1H3,(H,37,39)(H,40,41). The van der Waals surface area contributed by atoms with Crippen molar-refractivity contribution in [2.45, 2.75) is 6.92 Å². The second-order valence-corrected chi connectivity index (χ2v) is 10.1. The van der Waals surface area contributed by atoms with E-state index in [1.165, 1.54) is 6.07 Å². The van der Waals surface area contributed by atoms with Gasteiger partial charge >= 0.3 is 0 Å². The fourth-order valence-corrected chi connectivity index (χ4v) is 5.25. The summed E-state index contributed by atoms with van der Waals surface area (Å²) in [6, 6.07) is 27.2. The first kappa shape index (κ1) is 24.5. The van der Waals surface area contributed by atoms with Gasteiger partial charge in [-0.05, 0) is 77.2 Å². The highest BCUT2D eigenvalue weighted by Gasteiger charge is 2.16. The minimum atomic E-state index is -0.260. The topological polar surface area (TPSA) is 82.3 Å². The smallest absolute Gasteiger partial charge is 0.138 e. The van der Waals surface area contributed by atoms with E-state index in [-0.39, 0.29) is 5.82 Å². The lowest BCUT2D eigenvalue weighted by molar-refractivity contribution is 0.627. The lowest BCUT2D eigenvalue weighted by Crippen LogP contribution is -1.98. The van der Waals surface area contributed by atoms with Gasteiger partial charge < -0.3 is 10.3 Å². The molecule has 0 radical (unpaired) electrons. The summed E-state index contributed by atoms with van der Waals surface area (Å²) in [7, 11) is 0. The molecule has 3 N–H and O–H groups in total. The summed E-state index contributed by atoms with van der Waals surface area (Å²) in [6.07, 6.45) is 5.37. The number of anilines is 1. The molecule has 0 amide bonds. The molecule has 0 spiro atoms. The lowest BCUT2D eigenvalue weighted by Gasteiger charge is -2.11. The van der Waals surface area contributed by atoms with Gasteiger partial charge in [0.1, 0.15) is 17.2 Å². The molecule has 4 heterocycles. The molecule has 198 valence electrons. The number of pyridine rings is 2. The number of nitrogens with one attached hydrogen (secondary N) is 3. The van der Waals surface area contributed by atoms with E-state index in [1.54, 1.807) is 18.5 Å². The van der Waals surface area contributed by atoms with Crippen LogP contribution in [0.1, 0.15) is 11.1 Å². The van der Waals surface area contributed by atoms with Crippen LogP contribution >= 0.6 is 0 Å². The van der Waals surface area contributed by atoms with Gasteiger partial charge in [0.15, 0.2) is 0 Å². The van der Waals surface area contributed by atoms with Gasteiger partial charge in [-0.1, -0.05) is 49.0 Å². The largest absolute Gasteiger partial charge is 0.354 e. The average molecular weight is 537 g/mol. The second kappa shape index (κ2) is 9.88. The number of benzene rings is 3. The fourth-order valence-electron chi connectivity index (χ4n) is 5.25. The van der Waals surface area contributed by atoms with Crippen LogP contribution in [0.2, 0.25) is 0 Å². The van der Waals surface area contributed by atoms with Crippen molar-refractivity contribution in [2.75, 3.05) is 5.32 Å². The summed E-state index contributed by atoms with van der Waals surface area (Å²) in [4.78, 5) is 12.4. The Labute approximate surface area is 235 Å². The van der Waals surface area contributed by atoms with Crippen molar-refractivity contribution in [2.24, 2.45) is 0 Å². The predicted octanol–water partition coefficient (Wildman–Crippen LogP) is 8.37. The van der Waals surface area contributed by atoms with E-state index >= 15 is 0 Å². The number of aryl methyl sites for hydroxylation is 1. The third-order valence-corrected chi connectivity index (χ3v) is 7.19. The highest BCUT2D eigenvalue weighted by molar-refractivity contribution is 6.00. The Morgan fingerprint density at radius 2 is 1.73 bits per heavy atom. The SMILES string of the molecule is C=C(Nc1cncc(-c2ccc3[nH]nc(-c4cc5c(-c6cc(C)cc(F)c6)ccnc5[nH]4)c3c2)c1)c1ccccc1. The summed E-state index contributed by atoms with van der Waals surface area (Å²) >= 11 is 0. The number of hydrogen-bond acceptors (Lipinski definition) is 4. The third-order valence-electron chi connectivity index (χ3n) is 7.19. The van der Waals surface area contributed by atoms with Crippen LogP contribution < -0.4 is 5.32 Å². The normalized spacial score (nSPS) is 11.3. The summed E-state index contributed by atoms with van der Waals surface area (Å²) in [6.45, 7) is 6.07. The van der Waals surface area contributed by atoms with Crippen molar-refractivity contribution in [1.29, 1.82) is 0 Å². The van der Waals surface area contributed by atoms with Crippen LogP contribution in [0.5, 0.6) is 0 Å². The van der Waals surface area contributed by atoms with Crippen molar-refractivity contribution >= 4 is 33.3 Å². The molecule has 0 aliphatic heterocycles. The second-order valence-electron chi connectivity index (χ2n) is 10.1. The number of hydrogen-bond donors (Lipinski definition) is 3. The molecule has 7 heteroatoms. The highest BCUT2D eigenvalue weighted by atomic mass is 19.1. The van der Waals surface area contributed by atoms with Gasteiger partial charge in [-0.3, -0.25) is 10.1 Å². The molecular weight excluding hydrogens is 511 g/mol. The van der Waals surface area contributed by atoms with E-state index in [0.29, 0.717) is 5.65 Å². The fraction of sp³-hybridized carbons (Fsp3) is 0.0294. The van der Waals surface area contributed by atoms with Crippen LogP contribution in [0.3, 0.4) is 0 Å². The van der Waals surface area contributed by atoms with E-state index in [0.717, 1.165) is 72.4 Å². The predicted molar refractivity (Wildman–Crippen MR) is 164 cm³/mol. The maximum Gasteiger partial charge on any atom is 0.138 e. The Morgan fingerprint density at radius 1 is 0.854 bits per heavy atom. The molecular formula is C34H25FN6. The Hall–Kier alpha value is -5.56. The maximum atomic E-state index is 14.2. The first-order valence-electron chi connectivity index (χ1n) is 13.2. The number of aromatic amines is 2. The number of halogens is 1. The van der Waals surface area contributed by atoms with E-state index in [1.807, 2.05) is 73.8 Å². The quantitative estimate of drug-likeness (QED) is 0.199. The molecule has 3 aromatic carbocycles. The molecule has 0 aliphatic carbocycles. The maximum absolute atomic E-state index is 14.2. The average Bonchev–Trinajstić information content (AvgIpc) is 3.61. The minimum absolute atomic E-state index is 0.260. The van der Waals surface area contributed by atoms with Gasteiger partial charge in [-0.15, -0.1) is 0 Å². The Kier molecular flexibility index (Phi) is 5.90. The van der Waals surface area contributed by atoms with E-state index in [2.05, 4.69) is 49.2 Å². The molecule has 0 saturated heterocycles. The number of H-pyrrole nitrogens is 2. The van der Waals surface area contributed by atoms with Crippen molar-refractivity contribution in [3.63, 3.8) is 0 Å². The molecule has 0 aliphatic rings. The van der Waals surface area contributed by atoms with Gasteiger partial charge in [-0.2, -0.15) is 5.10 Å². The summed E-state index contributed by atoms with van der Waals surface area (Å²) in [5.41, 5.74) is 10.5. The lowest BCUT2D eigenvalue weighted by atomic mass is 10.0. The van der Waals surface area contributed by atoms with Crippen LogP contribution in [0, 0.1) is 12.7 Å². The van der Waals surface area contributed by atoms with Gasteiger partial charge in [0, 0.05) is 34.4 Å². The van der Waals surface area contributed by atoms with Crippen LogP contribution in [0.15, 0.2) is 110 Å². The first-order chi connectivity index (χ1) is 20.0. The molecule has 0 unspecified atom stereocenters. The van der Waals surface area contributed by atoms with E-state index in [9.17, 15) is 4.39 Å². The molecule has 7 rings (SSSR count). The molecule has 41 heavy (non-hydrogen) atoms. The van der Waals surface area contributed by atoms with Gasteiger partial charge in [0.05, 0.1) is 23.1 Å². The summed E-state index contributed by atoms with van der Waals surface area (Å²) in [5.74, 6) is -0.260. The molecule has 0 bridgehead atoms. The van der Waals surface area contributed by atoms with Crippen molar-refractivity contribution in [1.82, 2.24) is 25.1 Å². The van der Waals surface area contributed by atoms with Crippen LogP contribution in [-0.4, -0.2) is 25.1 Å². The van der Waals surface area contributed by atoms with Crippen LogP contribution in [0.25, 0.3) is 61.3 Å². The number of fused-ring (bicyclic) bond motifs is 2.